The van der Waals surface area contributed by atoms with Crippen molar-refractivity contribution in [3.63, 3.8) is 0 Å². The van der Waals surface area contributed by atoms with Crippen LogP contribution in [0.5, 0.6) is 11.5 Å². The molecule has 2 rings (SSSR count). The van der Waals surface area contributed by atoms with Crippen molar-refractivity contribution in [1.29, 1.82) is 0 Å². The quantitative estimate of drug-likeness (QED) is 0.163. The minimum absolute atomic E-state index is 0. The highest BCUT2D eigenvalue weighted by Crippen LogP contribution is 2.37. The van der Waals surface area contributed by atoms with E-state index in [2.05, 4.69) is 11.5 Å². The number of hydrogen-bond donors (Lipinski definition) is 2. The van der Waals surface area contributed by atoms with E-state index in [1.165, 1.54) is 25.7 Å². The van der Waals surface area contributed by atoms with Gasteiger partial charge in [-0.2, -0.15) is 0 Å². The Labute approximate surface area is 232 Å². The average Bonchev–Trinajstić information content (AvgIpc) is 2.86. The highest BCUT2D eigenvalue weighted by Gasteiger charge is 2.25. The molecule has 0 aliphatic carbocycles. The smallest absolute Gasteiger partial charge is 0.283 e. The lowest BCUT2D eigenvalue weighted by atomic mass is 10.2. The molecule has 0 heterocycles. The Balaban J connectivity index is -0.000000560. The molecule has 0 atom stereocenters. The molecule has 0 saturated heterocycles. The molecule has 2 aromatic carbocycles. The molecular weight excluding hydrogens is 584 g/mol. The van der Waals surface area contributed by atoms with Crippen LogP contribution in [-0.2, 0) is 0 Å². The Bertz CT molecular complexity index is 1120. The van der Waals surface area contributed by atoms with E-state index in [0.717, 1.165) is 13.1 Å². The van der Waals surface area contributed by atoms with Crippen LogP contribution in [0.1, 0.15) is 25.7 Å². The summed E-state index contributed by atoms with van der Waals surface area (Å²) in [5, 5.41) is 84.2. The van der Waals surface area contributed by atoms with Crippen LogP contribution in [0.15, 0.2) is 24.3 Å². The first kappa shape index (κ1) is 40.8. The lowest BCUT2D eigenvalue weighted by molar-refractivity contribution is -0.420. The molecule has 0 radical (unpaired) electrons. The second-order valence-corrected chi connectivity index (χ2v) is 7.29. The molecule has 0 unspecified atom stereocenters. The van der Waals surface area contributed by atoms with Crippen LogP contribution in [0, 0.1) is 60.7 Å². The van der Waals surface area contributed by atoms with E-state index in [-0.39, 0.29) is 11.0 Å². The van der Waals surface area contributed by atoms with Crippen molar-refractivity contribution in [2.75, 3.05) is 13.1 Å². The molecule has 24 heteroatoms. The van der Waals surface area contributed by atoms with Gasteiger partial charge in [-0.3, -0.25) is 60.7 Å². The summed E-state index contributed by atoms with van der Waals surface area (Å²) in [6.07, 6.45) is 5.28. The van der Waals surface area contributed by atoms with Crippen LogP contribution >= 0.6 is 0 Å². The fourth-order valence-electron chi connectivity index (χ4n) is 2.63. The van der Waals surface area contributed by atoms with Gasteiger partial charge < -0.3 is 32.6 Å². The van der Waals surface area contributed by atoms with Crippen LogP contribution in [-0.4, -0.2) is 53.6 Å². The third kappa shape index (κ3) is 12.4. The Morgan fingerprint density at radius 2 is 0.667 bits per heavy atom. The first-order valence-electron chi connectivity index (χ1n) is 10.8. The molecule has 0 amide bonds. The van der Waals surface area contributed by atoms with Crippen LogP contribution in [0.3, 0.4) is 0 Å². The SMILES string of the molecule is O.O.O=[N+]([O-])c1cc([N+](=O)[O-])c([O-])c([N+](=O)[O-])c1.O=[N+]([O-])c1cc([N+](=O)[O-])c([O-])c([N+](=O)[O-])c1.[NH3+]CCCCCC[NH3+]. The van der Waals surface area contributed by atoms with E-state index in [0.29, 0.717) is 24.3 Å². The summed E-state index contributed by atoms with van der Waals surface area (Å²) in [6, 6.07) is 1.54. The molecule has 0 aliphatic heterocycles. The van der Waals surface area contributed by atoms with Gasteiger partial charge in [0.2, 0.25) is 0 Å². The minimum atomic E-state index is -1.46. The van der Waals surface area contributed by atoms with E-state index < -0.39 is 75.2 Å². The maximum Gasteiger partial charge on any atom is 0.283 e. The lowest BCUT2D eigenvalue weighted by Crippen LogP contribution is -2.50. The van der Waals surface area contributed by atoms with Crippen molar-refractivity contribution in [2.24, 2.45) is 0 Å². The number of unbranched alkanes of at least 4 members (excludes halogenated alkanes) is 3. The summed E-state index contributed by atoms with van der Waals surface area (Å²) in [5.41, 5.74) is 1.01. The molecule has 0 aliphatic rings. The number of quaternary nitrogens is 2. The third-order valence-corrected chi connectivity index (χ3v) is 4.53. The van der Waals surface area contributed by atoms with Crippen molar-refractivity contribution in [3.05, 3.63) is 85.0 Å². The summed E-state index contributed by atoms with van der Waals surface area (Å²) in [7, 11) is 0. The molecule has 10 N–H and O–H groups in total. The summed E-state index contributed by atoms with van der Waals surface area (Å²) in [6.45, 7) is 2.19. The van der Waals surface area contributed by atoms with Gasteiger partial charge in [0, 0.05) is 0 Å². The molecule has 0 spiro atoms. The van der Waals surface area contributed by atoms with Crippen LogP contribution < -0.4 is 21.7 Å². The van der Waals surface area contributed by atoms with Gasteiger partial charge in [0.1, 0.15) is 0 Å². The van der Waals surface area contributed by atoms with Gasteiger partial charge in [-0.05, 0) is 25.7 Å². The number of nitro benzene ring substituents is 6. The maximum atomic E-state index is 11.1. The molecule has 2 aromatic rings. The second kappa shape index (κ2) is 19.4. The lowest BCUT2D eigenvalue weighted by Gasteiger charge is -2.06. The number of rotatable bonds is 11. The summed E-state index contributed by atoms with van der Waals surface area (Å²) < 4.78 is 0. The zero-order valence-electron chi connectivity index (χ0n) is 21.4. The Morgan fingerprint density at radius 3 is 0.810 bits per heavy atom. The van der Waals surface area contributed by atoms with Gasteiger partial charge in [0.25, 0.3) is 34.1 Å². The molecule has 24 nitrogen and oxygen atoms in total. The molecule has 0 fully saturated rings. The highest BCUT2D eigenvalue weighted by atomic mass is 16.7. The normalized spacial score (nSPS) is 9.29. The molecule has 42 heavy (non-hydrogen) atoms. The van der Waals surface area contributed by atoms with Gasteiger partial charge in [0.15, 0.2) is 0 Å². The van der Waals surface area contributed by atoms with E-state index in [9.17, 15) is 70.9 Å². The highest BCUT2D eigenvalue weighted by molar-refractivity contribution is 5.64. The van der Waals surface area contributed by atoms with Crippen LogP contribution in [0.25, 0.3) is 0 Å². The number of benzene rings is 2. The fourth-order valence-corrected chi connectivity index (χ4v) is 2.63. The largest absolute Gasteiger partial charge is 0.863 e. The average molecular weight is 610 g/mol. The van der Waals surface area contributed by atoms with Crippen molar-refractivity contribution < 1.29 is 62.2 Å². The number of nitro groups is 6. The zero-order chi connectivity index (χ0) is 31.2. The predicted molar refractivity (Wildman–Crippen MR) is 133 cm³/mol. The predicted octanol–water partition coefficient (Wildman–Crippen LogP) is -1.65. The minimum Gasteiger partial charge on any atom is -0.863 e. The Kier molecular flexibility index (Phi) is 18.8. The Hall–Kier alpha value is -5.72. The number of nitrogens with zero attached hydrogens (tertiary/aromatic N) is 6. The van der Waals surface area contributed by atoms with Crippen molar-refractivity contribution in [1.82, 2.24) is 0 Å². The van der Waals surface area contributed by atoms with Crippen LogP contribution in [0.4, 0.5) is 34.1 Å². The monoisotopic (exact) mass is 610 g/mol. The first-order valence-corrected chi connectivity index (χ1v) is 10.8. The van der Waals surface area contributed by atoms with E-state index in [1.54, 1.807) is 0 Å². The number of hydrogen-bond acceptors (Lipinski definition) is 14. The van der Waals surface area contributed by atoms with Gasteiger partial charge in [-0.25, -0.2) is 0 Å². The molecule has 0 aromatic heterocycles. The summed E-state index contributed by atoms with van der Waals surface area (Å²) >= 11 is 0. The van der Waals surface area contributed by atoms with Gasteiger partial charge in [0.05, 0.1) is 78.4 Å². The van der Waals surface area contributed by atoms with Crippen molar-refractivity contribution >= 4 is 34.1 Å². The second-order valence-electron chi connectivity index (χ2n) is 7.29. The van der Waals surface area contributed by atoms with Crippen molar-refractivity contribution in [3.8, 4) is 11.5 Å². The Morgan fingerprint density at radius 1 is 0.452 bits per heavy atom. The van der Waals surface area contributed by atoms with Crippen LogP contribution in [0.2, 0.25) is 0 Å². The molecule has 234 valence electrons. The van der Waals surface area contributed by atoms with E-state index >= 15 is 0 Å². The topological polar surface area (TPSA) is 423 Å². The third-order valence-electron chi connectivity index (χ3n) is 4.53. The summed E-state index contributed by atoms with van der Waals surface area (Å²) in [5.74, 6) is -2.92. The van der Waals surface area contributed by atoms with Gasteiger partial charge in [-0.15, -0.1) is 0 Å². The maximum absolute atomic E-state index is 11.1. The summed E-state index contributed by atoms with van der Waals surface area (Å²) in [4.78, 5) is 55.0. The molecular formula is C18H26N8O16. The molecule has 0 bridgehead atoms. The van der Waals surface area contributed by atoms with Crippen molar-refractivity contribution in [2.45, 2.75) is 25.7 Å². The first-order chi connectivity index (χ1) is 18.6. The fraction of sp³-hybridized carbons (Fsp3) is 0.333. The van der Waals surface area contributed by atoms with Gasteiger partial charge in [-0.1, -0.05) is 0 Å². The van der Waals surface area contributed by atoms with E-state index in [1.807, 2.05) is 0 Å². The number of non-ortho nitro benzene ring substituents is 2. The molecule has 0 saturated carbocycles. The van der Waals surface area contributed by atoms with Gasteiger partial charge >= 0.3 is 0 Å². The van der Waals surface area contributed by atoms with E-state index in [4.69, 9.17) is 0 Å². The standard InChI is InChI=1S/2C6H3N3O7.C6H16N2.2H2O/c2*10-6-4(8(13)14)1-3(7(11)12)2-5(6)9(15)16;7-5-3-1-2-4-6-8;;/h2*1-2,10H;1-8H2;2*1H2. The zero-order valence-corrected chi connectivity index (χ0v) is 21.4.